The smallest absolute Gasteiger partial charge is 0.223 e. The summed E-state index contributed by atoms with van der Waals surface area (Å²) in [6, 6.07) is 8.61. The van der Waals surface area contributed by atoms with Gasteiger partial charge in [-0.3, -0.25) is 9.59 Å². The molecule has 118 valence electrons. The number of nitrogens with one attached hydrogen (secondary N) is 1. The fourth-order valence-electron chi connectivity index (χ4n) is 3.85. The Hall–Kier alpha value is -1.64. The minimum absolute atomic E-state index is 0.0142. The van der Waals surface area contributed by atoms with Crippen molar-refractivity contribution in [3.05, 3.63) is 35.4 Å². The minimum Gasteiger partial charge on any atom is -0.349 e. The van der Waals surface area contributed by atoms with Crippen LogP contribution in [0.1, 0.15) is 62.6 Å². The molecule has 0 saturated heterocycles. The Kier molecular flexibility index (Phi) is 4.60. The zero-order valence-corrected chi connectivity index (χ0v) is 13.3. The first-order chi connectivity index (χ1) is 10.6. The summed E-state index contributed by atoms with van der Waals surface area (Å²) < 4.78 is 0. The van der Waals surface area contributed by atoms with Crippen LogP contribution in [-0.4, -0.2) is 11.7 Å². The Labute approximate surface area is 132 Å². The minimum atomic E-state index is 0.0142. The molecule has 2 aliphatic carbocycles. The van der Waals surface area contributed by atoms with Crippen molar-refractivity contribution in [2.45, 2.75) is 57.9 Å². The van der Waals surface area contributed by atoms with Gasteiger partial charge in [0.05, 0.1) is 6.04 Å². The average Bonchev–Trinajstić information content (AvgIpc) is 2.68. The SMILES string of the molecule is CC1CCCc2ccccc2C1NC(=O)C1CCC(=O)CC1. The third kappa shape index (κ3) is 3.23. The summed E-state index contributed by atoms with van der Waals surface area (Å²) >= 11 is 0. The van der Waals surface area contributed by atoms with E-state index in [1.54, 1.807) is 0 Å². The molecule has 1 N–H and O–H groups in total. The molecule has 1 saturated carbocycles. The van der Waals surface area contributed by atoms with E-state index in [2.05, 4.69) is 36.5 Å². The quantitative estimate of drug-likeness (QED) is 0.849. The van der Waals surface area contributed by atoms with Crippen LogP contribution in [0.25, 0.3) is 0 Å². The second-order valence-corrected chi connectivity index (χ2v) is 6.87. The van der Waals surface area contributed by atoms with Crippen molar-refractivity contribution in [3.63, 3.8) is 0 Å². The van der Waals surface area contributed by atoms with Crippen LogP contribution in [0.4, 0.5) is 0 Å². The van der Waals surface area contributed by atoms with Crippen LogP contribution in [-0.2, 0) is 16.0 Å². The van der Waals surface area contributed by atoms with Gasteiger partial charge in [0, 0.05) is 18.8 Å². The first-order valence-corrected chi connectivity index (χ1v) is 8.55. The molecule has 0 aromatic heterocycles. The third-order valence-electron chi connectivity index (χ3n) is 5.28. The molecule has 0 bridgehead atoms. The molecule has 2 unspecified atom stereocenters. The second kappa shape index (κ2) is 6.64. The largest absolute Gasteiger partial charge is 0.349 e. The van der Waals surface area contributed by atoms with Crippen molar-refractivity contribution < 1.29 is 9.59 Å². The van der Waals surface area contributed by atoms with Crippen molar-refractivity contribution in [3.8, 4) is 0 Å². The zero-order valence-electron chi connectivity index (χ0n) is 13.3. The normalized spacial score (nSPS) is 26.1. The summed E-state index contributed by atoms with van der Waals surface area (Å²) in [4.78, 5) is 24.0. The second-order valence-electron chi connectivity index (χ2n) is 6.87. The zero-order chi connectivity index (χ0) is 15.5. The Morgan fingerprint density at radius 2 is 1.82 bits per heavy atom. The highest BCUT2D eigenvalue weighted by Gasteiger charge is 2.30. The molecule has 1 amide bonds. The predicted molar refractivity (Wildman–Crippen MR) is 86.4 cm³/mol. The third-order valence-corrected chi connectivity index (χ3v) is 5.28. The molecule has 1 aromatic carbocycles. The number of rotatable bonds is 2. The van der Waals surface area contributed by atoms with Crippen LogP contribution < -0.4 is 5.32 Å². The Balaban J connectivity index is 1.75. The Morgan fingerprint density at radius 1 is 1.09 bits per heavy atom. The predicted octanol–water partition coefficient (Wildman–Crippen LogP) is 3.58. The van der Waals surface area contributed by atoms with Gasteiger partial charge in [-0.1, -0.05) is 31.2 Å². The van der Waals surface area contributed by atoms with E-state index in [-0.39, 0.29) is 17.9 Å². The standard InChI is InChI=1S/C19H25NO2/c1-13-5-4-7-14-6-2-3-8-17(14)18(13)20-19(22)15-9-11-16(21)12-10-15/h2-3,6,8,13,15,18H,4-5,7,9-12H2,1H3,(H,20,22). The van der Waals surface area contributed by atoms with Crippen molar-refractivity contribution >= 4 is 11.7 Å². The number of fused-ring (bicyclic) bond motifs is 1. The van der Waals surface area contributed by atoms with E-state index in [0.717, 1.165) is 12.8 Å². The molecule has 0 radical (unpaired) electrons. The highest BCUT2D eigenvalue weighted by molar-refractivity contribution is 5.84. The van der Waals surface area contributed by atoms with E-state index in [1.165, 1.54) is 17.5 Å². The fraction of sp³-hybridized carbons (Fsp3) is 0.579. The molecule has 2 aliphatic rings. The highest BCUT2D eigenvalue weighted by atomic mass is 16.2. The molecule has 2 atom stereocenters. The van der Waals surface area contributed by atoms with E-state index in [1.807, 2.05) is 0 Å². The molecule has 0 aliphatic heterocycles. The van der Waals surface area contributed by atoms with Crippen LogP contribution in [0.5, 0.6) is 0 Å². The summed E-state index contributed by atoms with van der Waals surface area (Å²) in [6.07, 6.45) is 5.99. The monoisotopic (exact) mass is 299 g/mol. The number of aryl methyl sites for hydroxylation is 1. The molecule has 22 heavy (non-hydrogen) atoms. The molecule has 3 nitrogen and oxygen atoms in total. The maximum absolute atomic E-state index is 12.6. The van der Waals surface area contributed by atoms with Gasteiger partial charge < -0.3 is 5.32 Å². The van der Waals surface area contributed by atoms with Crippen molar-refractivity contribution in [1.82, 2.24) is 5.32 Å². The number of amides is 1. The number of benzene rings is 1. The fourth-order valence-corrected chi connectivity index (χ4v) is 3.85. The lowest BCUT2D eigenvalue weighted by molar-refractivity contribution is -0.129. The average molecular weight is 299 g/mol. The maximum Gasteiger partial charge on any atom is 0.223 e. The lowest BCUT2D eigenvalue weighted by Gasteiger charge is -2.28. The summed E-state index contributed by atoms with van der Waals surface area (Å²) in [5.41, 5.74) is 2.66. The van der Waals surface area contributed by atoms with Crippen LogP contribution in [0.3, 0.4) is 0 Å². The number of hydrogen-bond donors (Lipinski definition) is 1. The maximum atomic E-state index is 12.6. The molecule has 0 heterocycles. The molecule has 0 spiro atoms. The summed E-state index contributed by atoms with van der Waals surface area (Å²) in [5, 5.41) is 3.30. The molecular weight excluding hydrogens is 274 g/mol. The van der Waals surface area contributed by atoms with Gasteiger partial charge in [0.15, 0.2) is 0 Å². The Morgan fingerprint density at radius 3 is 2.59 bits per heavy atom. The van der Waals surface area contributed by atoms with Crippen molar-refractivity contribution in [2.24, 2.45) is 11.8 Å². The topological polar surface area (TPSA) is 46.2 Å². The van der Waals surface area contributed by atoms with Crippen LogP contribution in [0.15, 0.2) is 24.3 Å². The van der Waals surface area contributed by atoms with Crippen LogP contribution >= 0.6 is 0 Å². The lowest BCUT2D eigenvalue weighted by atomic mass is 9.86. The molecule has 1 aromatic rings. The molecule has 3 heteroatoms. The van der Waals surface area contributed by atoms with Gasteiger partial charge in [-0.15, -0.1) is 0 Å². The molecule has 3 rings (SSSR count). The van der Waals surface area contributed by atoms with Gasteiger partial charge in [0.2, 0.25) is 5.91 Å². The van der Waals surface area contributed by atoms with Gasteiger partial charge in [-0.25, -0.2) is 0 Å². The highest BCUT2D eigenvalue weighted by Crippen LogP contribution is 2.33. The van der Waals surface area contributed by atoms with Crippen molar-refractivity contribution in [2.75, 3.05) is 0 Å². The molecule has 1 fully saturated rings. The number of carbonyl (C=O) groups excluding carboxylic acids is 2. The van der Waals surface area contributed by atoms with E-state index in [4.69, 9.17) is 0 Å². The first-order valence-electron chi connectivity index (χ1n) is 8.55. The van der Waals surface area contributed by atoms with E-state index >= 15 is 0 Å². The van der Waals surface area contributed by atoms with Gasteiger partial charge in [0.25, 0.3) is 0 Å². The van der Waals surface area contributed by atoms with Gasteiger partial charge in [-0.05, 0) is 49.1 Å². The lowest BCUT2D eigenvalue weighted by Crippen LogP contribution is -2.38. The molecular formula is C19H25NO2. The number of ketones is 1. The Bertz CT molecular complexity index is 556. The van der Waals surface area contributed by atoms with Crippen molar-refractivity contribution in [1.29, 1.82) is 0 Å². The number of Topliss-reactive ketones (excluding diaryl/α,β-unsaturated/α-hetero) is 1. The van der Waals surface area contributed by atoms with E-state index < -0.39 is 0 Å². The van der Waals surface area contributed by atoms with Gasteiger partial charge >= 0.3 is 0 Å². The first kappa shape index (κ1) is 15.3. The summed E-state index contributed by atoms with van der Waals surface area (Å²) in [5.74, 6) is 0.913. The van der Waals surface area contributed by atoms with Crippen LogP contribution in [0.2, 0.25) is 0 Å². The summed E-state index contributed by atoms with van der Waals surface area (Å²) in [6.45, 7) is 2.23. The van der Waals surface area contributed by atoms with Crippen LogP contribution in [0, 0.1) is 11.8 Å². The number of carbonyl (C=O) groups is 2. The number of hydrogen-bond acceptors (Lipinski definition) is 2. The van der Waals surface area contributed by atoms with Gasteiger partial charge in [-0.2, -0.15) is 0 Å². The summed E-state index contributed by atoms with van der Waals surface area (Å²) in [7, 11) is 0. The van der Waals surface area contributed by atoms with E-state index in [0.29, 0.717) is 37.4 Å². The van der Waals surface area contributed by atoms with E-state index in [9.17, 15) is 9.59 Å². The van der Waals surface area contributed by atoms with Gasteiger partial charge in [0.1, 0.15) is 5.78 Å².